The van der Waals surface area contributed by atoms with Gasteiger partial charge in [-0.3, -0.25) is 19.2 Å². The molecule has 0 spiro atoms. The number of carbonyl (C=O) groups is 5. The second kappa shape index (κ2) is 18.0. The summed E-state index contributed by atoms with van der Waals surface area (Å²) in [5.74, 6) is -2.31. The lowest BCUT2D eigenvalue weighted by Crippen LogP contribution is -2.62. The van der Waals surface area contributed by atoms with E-state index in [2.05, 4.69) is 27.8 Å². The maximum Gasteiger partial charge on any atom is 0.315 e. The van der Waals surface area contributed by atoms with E-state index in [1.165, 1.54) is 15.3 Å². The van der Waals surface area contributed by atoms with Crippen molar-refractivity contribution < 1.29 is 32.4 Å². The summed E-state index contributed by atoms with van der Waals surface area (Å²) in [7, 11) is -3.73. The second-order valence-corrected chi connectivity index (χ2v) is 19.4. The van der Waals surface area contributed by atoms with Crippen molar-refractivity contribution >= 4 is 39.6 Å². The molecule has 0 bridgehead atoms. The van der Waals surface area contributed by atoms with E-state index in [0.29, 0.717) is 17.7 Å². The number of rotatable bonds is 15. The minimum absolute atomic E-state index is 0.0267. The number of nitrogens with one attached hydrogen (secondary N) is 4. The first-order chi connectivity index (χ1) is 26.0. The van der Waals surface area contributed by atoms with E-state index in [-0.39, 0.29) is 49.9 Å². The van der Waals surface area contributed by atoms with E-state index in [9.17, 15) is 32.4 Å². The van der Waals surface area contributed by atoms with E-state index in [4.69, 9.17) is 0 Å². The highest BCUT2D eigenvalue weighted by Gasteiger charge is 2.48. The zero-order chi connectivity index (χ0) is 40.1. The van der Waals surface area contributed by atoms with Crippen molar-refractivity contribution in [3.05, 3.63) is 42.5 Å². The van der Waals surface area contributed by atoms with Gasteiger partial charge in [0, 0.05) is 32.2 Å². The zero-order valence-electron chi connectivity index (χ0n) is 33.3. The number of hydrogen-bond acceptors (Lipinski definition) is 7. The van der Waals surface area contributed by atoms with E-state index >= 15 is 0 Å². The van der Waals surface area contributed by atoms with Gasteiger partial charge in [-0.25, -0.2) is 13.2 Å². The van der Waals surface area contributed by atoms with Crippen LogP contribution in [0, 0.1) is 29.1 Å². The van der Waals surface area contributed by atoms with Crippen LogP contribution in [-0.2, 0) is 35.7 Å². The summed E-state index contributed by atoms with van der Waals surface area (Å²) in [5.41, 5.74) is -0.0382. The molecule has 55 heavy (non-hydrogen) atoms. The third kappa shape index (κ3) is 9.97. The molecule has 1 aromatic carbocycles. The predicted molar refractivity (Wildman–Crippen MR) is 210 cm³/mol. The summed E-state index contributed by atoms with van der Waals surface area (Å²) in [6.07, 6.45) is 10.0. The van der Waals surface area contributed by atoms with Crippen LogP contribution in [0.25, 0.3) is 0 Å². The van der Waals surface area contributed by atoms with Crippen LogP contribution >= 0.6 is 0 Å². The number of hydrogen-bond donors (Lipinski definition) is 4. The summed E-state index contributed by atoms with van der Waals surface area (Å²) >= 11 is 0. The third-order valence-corrected chi connectivity index (χ3v) is 14.1. The fraction of sp³-hybridized carbons (Fsp3) is 0.683. The van der Waals surface area contributed by atoms with Gasteiger partial charge in [-0.1, -0.05) is 97.4 Å². The number of benzene rings is 1. The van der Waals surface area contributed by atoms with Gasteiger partial charge in [0.2, 0.25) is 27.6 Å². The summed E-state index contributed by atoms with van der Waals surface area (Å²) in [6, 6.07) is 2.93. The first kappa shape index (κ1) is 42.4. The molecule has 5 rings (SSSR count). The minimum atomic E-state index is -3.73. The Hall–Kier alpha value is -3.78. The summed E-state index contributed by atoms with van der Waals surface area (Å²) < 4.78 is 28.5. The number of Topliss-reactive ketones (excluding diaryl/α,β-unsaturated/α-hetero) is 1. The molecule has 4 aliphatic rings. The Morgan fingerprint density at radius 2 is 1.62 bits per heavy atom. The number of ketones is 1. The normalized spacial score (nSPS) is 23.2. The highest BCUT2D eigenvalue weighted by atomic mass is 32.2. The van der Waals surface area contributed by atoms with Gasteiger partial charge in [0.1, 0.15) is 12.1 Å². The van der Waals surface area contributed by atoms with Crippen LogP contribution < -0.4 is 21.3 Å². The van der Waals surface area contributed by atoms with Crippen LogP contribution in [0.15, 0.2) is 41.8 Å². The van der Waals surface area contributed by atoms with E-state index in [1.54, 1.807) is 12.1 Å². The van der Waals surface area contributed by atoms with Crippen LogP contribution in [0.3, 0.4) is 0 Å². The highest BCUT2D eigenvalue weighted by Crippen LogP contribution is 2.36. The Kier molecular flexibility index (Phi) is 13.9. The summed E-state index contributed by atoms with van der Waals surface area (Å²) in [5, 5.41) is 11.5. The number of fused-ring (bicyclic) bond motifs is 1. The summed E-state index contributed by atoms with van der Waals surface area (Å²) in [4.78, 5) is 70.8. The molecule has 2 aliphatic carbocycles. The lowest BCUT2D eigenvalue weighted by atomic mass is 9.80. The largest absolute Gasteiger partial charge is 0.346 e. The van der Waals surface area contributed by atoms with Crippen molar-refractivity contribution in [2.45, 2.75) is 134 Å². The molecule has 2 saturated carbocycles. The van der Waals surface area contributed by atoms with Crippen LogP contribution in [0.4, 0.5) is 4.79 Å². The molecule has 5 atom stereocenters. The summed E-state index contributed by atoms with van der Waals surface area (Å²) in [6.45, 7) is 13.9. The Balaban J connectivity index is 1.34. The number of carbonyl (C=O) groups excluding carboxylic acids is 5. The van der Waals surface area contributed by atoms with Crippen molar-refractivity contribution in [3.8, 4) is 0 Å². The average Bonchev–Trinajstić information content (AvgIpc) is 3.68. The van der Waals surface area contributed by atoms with Gasteiger partial charge >= 0.3 is 6.03 Å². The first-order valence-electron chi connectivity index (χ1n) is 20.2. The van der Waals surface area contributed by atoms with Crippen molar-refractivity contribution in [2.24, 2.45) is 29.1 Å². The molecule has 2 aliphatic heterocycles. The molecule has 0 radical (unpaired) electrons. The average molecular weight is 783 g/mol. The first-order valence-corrected chi connectivity index (χ1v) is 21.7. The SMILES string of the molecule is C=CCNC(=O)C(=O)C(CC1CCC1)NC(=O)[C@@H]1[C@@H](C(C)C)CCN1C(=O)[C@@H](NC(=O)N[C@H](CN1Cc2ccccc2S1(=O)=O)C1CCCCC1)C(C)(C)C. The number of sulfonamides is 1. The van der Waals surface area contributed by atoms with Crippen molar-refractivity contribution in [1.82, 2.24) is 30.5 Å². The maximum atomic E-state index is 14.6. The Morgan fingerprint density at radius 3 is 2.22 bits per heavy atom. The van der Waals surface area contributed by atoms with E-state index in [1.807, 2.05) is 46.8 Å². The fourth-order valence-electron chi connectivity index (χ4n) is 8.75. The molecular formula is C41H62N6O7S. The molecule has 5 amide bonds. The molecule has 3 fully saturated rings. The molecule has 13 nitrogen and oxygen atoms in total. The molecule has 304 valence electrons. The lowest BCUT2D eigenvalue weighted by Gasteiger charge is -2.38. The van der Waals surface area contributed by atoms with E-state index < -0.39 is 69.1 Å². The standard InChI is InChI=1S/C41H62N6O7S/c1-7-21-42-38(50)35(48)31(23-27-14-13-15-27)43-37(49)34-30(26(2)3)20-22-47(34)39(51)36(41(4,5)6)45-40(52)44-32(28-16-9-8-10-17-28)25-46-24-29-18-11-12-19-33(29)55(46,53)54/h7,11-12,18-19,26-28,30-32,34,36H,1,8-10,13-17,20-25H2,2-6H3,(H,42,50)(H,43,49)(H2,44,45,52)/t30-,31?,32-,34+,36-/m1/s1. The Morgan fingerprint density at radius 1 is 0.927 bits per heavy atom. The number of urea groups is 1. The number of amides is 5. The predicted octanol–water partition coefficient (Wildman–Crippen LogP) is 4.27. The van der Waals surface area contributed by atoms with Crippen molar-refractivity contribution in [3.63, 3.8) is 0 Å². The van der Waals surface area contributed by atoms with Crippen LogP contribution in [0.2, 0.25) is 0 Å². The van der Waals surface area contributed by atoms with Gasteiger partial charge in [-0.2, -0.15) is 4.31 Å². The van der Waals surface area contributed by atoms with Crippen molar-refractivity contribution in [1.29, 1.82) is 0 Å². The van der Waals surface area contributed by atoms with Gasteiger partial charge < -0.3 is 26.2 Å². The molecule has 1 aromatic rings. The highest BCUT2D eigenvalue weighted by molar-refractivity contribution is 7.89. The molecule has 4 N–H and O–H groups in total. The Labute approximate surface area is 327 Å². The van der Waals surface area contributed by atoms with Crippen LogP contribution in [0.1, 0.15) is 104 Å². The quantitative estimate of drug-likeness (QED) is 0.152. The topological polar surface area (TPSA) is 174 Å². The smallest absolute Gasteiger partial charge is 0.315 e. The second-order valence-electron chi connectivity index (χ2n) is 17.5. The van der Waals surface area contributed by atoms with Gasteiger partial charge in [0.05, 0.1) is 10.9 Å². The zero-order valence-corrected chi connectivity index (χ0v) is 34.1. The van der Waals surface area contributed by atoms with Gasteiger partial charge in [0.15, 0.2) is 0 Å². The molecule has 1 unspecified atom stereocenters. The fourth-order valence-corrected chi connectivity index (χ4v) is 10.4. The minimum Gasteiger partial charge on any atom is -0.346 e. The molecule has 1 saturated heterocycles. The monoisotopic (exact) mass is 782 g/mol. The third-order valence-electron chi connectivity index (χ3n) is 12.2. The molecule has 2 heterocycles. The molecule has 0 aromatic heterocycles. The van der Waals surface area contributed by atoms with Crippen LogP contribution in [0.5, 0.6) is 0 Å². The molecular weight excluding hydrogens is 721 g/mol. The molecule has 14 heteroatoms. The van der Waals surface area contributed by atoms with Crippen molar-refractivity contribution in [2.75, 3.05) is 19.6 Å². The van der Waals surface area contributed by atoms with Gasteiger partial charge in [-0.15, -0.1) is 6.58 Å². The Bertz CT molecular complexity index is 1700. The number of nitrogens with zero attached hydrogens (tertiary/aromatic N) is 2. The lowest BCUT2D eigenvalue weighted by molar-refractivity contribution is -0.145. The van der Waals surface area contributed by atoms with Gasteiger partial charge in [-0.05, 0) is 66.4 Å². The number of likely N-dealkylation sites (tertiary alicyclic amines) is 1. The van der Waals surface area contributed by atoms with E-state index in [0.717, 1.165) is 56.9 Å². The van der Waals surface area contributed by atoms with Gasteiger partial charge in [0.25, 0.3) is 5.91 Å². The maximum absolute atomic E-state index is 14.6. The van der Waals surface area contributed by atoms with Crippen LogP contribution in [-0.4, -0.2) is 91.0 Å².